The average molecular weight is 384 g/mol. The Hall–Kier alpha value is -1.64. The molecule has 0 aliphatic carbocycles. The minimum absolute atomic E-state index is 0.0869. The predicted molar refractivity (Wildman–Crippen MR) is 98.6 cm³/mol. The van der Waals surface area contributed by atoms with Gasteiger partial charge in [-0.3, -0.25) is 4.79 Å². The number of hydrogen-bond donors (Lipinski definition) is 1. The van der Waals surface area contributed by atoms with Gasteiger partial charge in [0.15, 0.2) is 0 Å². The molecular weight excluding hydrogens is 356 g/mol. The zero-order valence-corrected chi connectivity index (χ0v) is 16.3. The lowest BCUT2D eigenvalue weighted by atomic mass is 9.99. The van der Waals surface area contributed by atoms with Gasteiger partial charge in [-0.1, -0.05) is 0 Å². The Morgan fingerprint density at radius 2 is 2.04 bits per heavy atom. The zero-order chi connectivity index (χ0) is 19.0. The molecule has 2 rings (SSSR count). The molecule has 1 aromatic carbocycles. The Morgan fingerprint density at radius 3 is 2.69 bits per heavy atom. The first-order valence-electron chi connectivity index (χ1n) is 8.98. The number of sulfonamides is 1. The fraction of sp³-hybridized carbons (Fsp3) is 0.611. The molecule has 1 fully saturated rings. The van der Waals surface area contributed by atoms with Gasteiger partial charge < -0.3 is 14.8 Å². The summed E-state index contributed by atoms with van der Waals surface area (Å²) in [6, 6.07) is 6.32. The molecule has 0 spiro atoms. The number of carbonyl (C=O) groups excluding carboxylic acids is 1. The molecule has 1 aliphatic heterocycles. The maximum absolute atomic E-state index is 12.8. The molecule has 1 atom stereocenters. The monoisotopic (exact) mass is 384 g/mol. The quantitative estimate of drug-likeness (QED) is 0.654. The van der Waals surface area contributed by atoms with Crippen LogP contribution in [-0.2, 0) is 19.6 Å². The molecule has 0 bridgehead atoms. The molecule has 1 N–H and O–H groups in total. The number of rotatable bonds is 9. The van der Waals surface area contributed by atoms with Crippen LogP contribution in [0.15, 0.2) is 29.2 Å². The van der Waals surface area contributed by atoms with E-state index in [4.69, 9.17) is 9.47 Å². The first-order valence-corrected chi connectivity index (χ1v) is 10.4. The summed E-state index contributed by atoms with van der Waals surface area (Å²) in [5.41, 5.74) is 0. The topological polar surface area (TPSA) is 84.9 Å². The normalized spacial score (nSPS) is 18.5. The summed E-state index contributed by atoms with van der Waals surface area (Å²) in [6.07, 6.45) is 2.12. The molecule has 0 radical (unpaired) electrons. The van der Waals surface area contributed by atoms with Crippen LogP contribution < -0.4 is 10.1 Å². The Bertz CT molecular complexity index is 675. The van der Waals surface area contributed by atoms with E-state index in [-0.39, 0.29) is 23.3 Å². The van der Waals surface area contributed by atoms with Gasteiger partial charge in [0.2, 0.25) is 15.9 Å². The Balaban J connectivity index is 1.94. The van der Waals surface area contributed by atoms with E-state index >= 15 is 0 Å². The molecule has 0 saturated carbocycles. The molecule has 1 aromatic rings. The number of ether oxygens (including phenoxy) is 2. The molecule has 1 aliphatic rings. The first-order chi connectivity index (χ1) is 12.5. The van der Waals surface area contributed by atoms with Crippen molar-refractivity contribution in [2.75, 3.05) is 40.0 Å². The van der Waals surface area contributed by atoms with Crippen molar-refractivity contribution in [3.8, 4) is 5.75 Å². The van der Waals surface area contributed by atoms with E-state index in [1.54, 1.807) is 12.1 Å². The number of benzene rings is 1. The number of nitrogens with one attached hydrogen (secondary N) is 1. The van der Waals surface area contributed by atoms with Crippen molar-refractivity contribution >= 4 is 15.9 Å². The molecule has 0 aromatic heterocycles. The van der Waals surface area contributed by atoms with Gasteiger partial charge in [0, 0.05) is 32.8 Å². The molecule has 1 heterocycles. The van der Waals surface area contributed by atoms with E-state index in [0.717, 1.165) is 6.42 Å². The lowest BCUT2D eigenvalue weighted by molar-refractivity contribution is -0.126. The highest BCUT2D eigenvalue weighted by atomic mass is 32.2. The highest BCUT2D eigenvalue weighted by molar-refractivity contribution is 7.89. The van der Waals surface area contributed by atoms with E-state index in [9.17, 15) is 13.2 Å². The maximum Gasteiger partial charge on any atom is 0.243 e. The van der Waals surface area contributed by atoms with Gasteiger partial charge >= 0.3 is 0 Å². The van der Waals surface area contributed by atoms with Crippen molar-refractivity contribution in [3.05, 3.63) is 24.3 Å². The van der Waals surface area contributed by atoms with Crippen LogP contribution in [0, 0.1) is 5.92 Å². The van der Waals surface area contributed by atoms with Crippen molar-refractivity contribution in [3.63, 3.8) is 0 Å². The van der Waals surface area contributed by atoms with Gasteiger partial charge in [0.05, 0.1) is 17.9 Å². The van der Waals surface area contributed by atoms with E-state index in [1.165, 1.54) is 23.5 Å². The Kier molecular flexibility index (Phi) is 7.86. The van der Waals surface area contributed by atoms with E-state index in [1.807, 2.05) is 6.92 Å². The fourth-order valence-electron chi connectivity index (χ4n) is 2.95. The summed E-state index contributed by atoms with van der Waals surface area (Å²) < 4.78 is 37.4. The highest BCUT2D eigenvalue weighted by Crippen LogP contribution is 2.25. The third kappa shape index (κ3) is 5.43. The summed E-state index contributed by atoms with van der Waals surface area (Å²) in [7, 11) is -2.07. The molecule has 1 saturated heterocycles. The van der Waals surface area contributed by atoms with Crippen molar-refractivity contribution in [2.24, 2.45) is 5.92 Å². The minimum atomic E-state index is -3.61. The second-order valence-corrected chi connectivity index (χ2v) is 8.16. The number of piperidine rings is 1. The van der Waals surface area contributed by atoms with E-state index < -0.39 is 10.0 Å². The number of nitrogens with zero attached hydrogens (tertiary/aromatic N) is 1. The van der Waals surface area contributed by atoms with Gasteiger partial charge in [0.1, 0.15) is 5.75 Å². The number of methoxy groups -OCH3 is 1. The Morgan fingerprint density at radius 1 is 1.31 bits per heavy atom. The van der Waals surface area contributed by atoms with Crippen LogP contribution in [0.25, 0.3) is 0 Å². The second-order valence-electron chi connectivity index (χ2n) is 6.22. The zero-order valence-electron chi connectivity index (χ0n) is 15.4. The number of amides is 1. The van der Waals surface area contributed by atoms with Crippen LogP contribution in [0.3, 0.4) is 0 Å². The van der Waals surface area contributed by atoms with Crippen molar-refractivity contribution in [1.82, 2.24) is 9.62 Å². The molecule has 8 heteroatoms. The molecule has 1 amide bonds. The molecule has 7 nitrogen and oxygen atoms in total. The summed E-state index contributed by atoms with van der Waals surface area (Å²) in [4.78, 5) is 12.6. The Labute approximate surface area is 155 Å². The predicted octanol–water partition coefficient (Wildman–Crippen LogP) is 1.64. The molecular formula is C18H28N2O5S. The van der Waals surface area contributed by atoms with Gasteiger partial charge in [0.25, 0.3) is 0 Å². The van der Waals surface area contributed by atoms with Gasteiger partial charge in [-0.25, -0.2) is 8.42 Å². The van der Waals surface area contributed by atoms with Crippen LogP contribution in [0.1, 0.15) is 26.2 Å². The van der Waals surface area contributed by atoms with Gasteiger partial charge in [-0.05, 0) is 50.5 Å². The van der Waals surface area contributed by atoms with Crippen molar-refractivity contribution in [2.45, 2.75) is 31.1 Å². The van der Waals surface area contributed by atoms with Crippen LogP contribution in [0.4, 0.5) is 0 Å². The SMILES string of the molecule is CCOCCCNC(=O)[C@H]1CCCN(S(=O)(=O)c2ccc(OC)cc2)C1. The smallest absolute Gasteiger partial charge is 0.243 e. The second kappa shape index (κ2) is 9.89. The fourth-order valence-corrected chi connectivity index (χ4v) is 4.47. The summed E-state index contributed by atoms with van der Waals surface area (Å²) >= 11 is 0. The number of hydrogen-bond acceptors (Lipinski definition) is 5. The minimum Gasteiger partial charge on any atom is -0.497 e. The maximum atomic E-state index is 12.8. The standard InChI is InChI=1S/C18H28N2O5S/c1-3-25-13-5-11-19-18(21)15-6-4-12-20(14-15)26(22,23)17-9-7-16(24-2)8-10-17/h7-10,15H,3-6,11-14H2,1-2H3,(H,19,21)/t15-/m0/s1. The summed E-state index contributed by atoms with van der Waals surface area (Å²) in [6.45, 7) is 4.39. The van der Waals surface area contributed by atoms with Crippen molar-refractivity contribution < 1.29 is 22.7 Å². The summed E-state index contributed by atoms with van der Waals surface area (Å²) in [5, 5.41) is 2.88. The average Bonchev–Trinajstić information content (AvgIpc) is 2.67. The lowest BCUT2D eigenvalue weighted by Crippen LogP contribution is -2.45. The molecule has 146 valence electrons. The van der Waals surface area contributed by atoms with E-state index in [2.05, 4.69) is 5.32 Å². The summed E-state index contributed by atoms with van der Waals surface area (Å²) in [5.74, 6) is 0.201. The first kappa shape index (κ1) is 20.7. The van der Waals surface area contributed by atoms with Gasteiger partial charge in [-0.15, -0.1) is 0 Å². The molecule has 0 unspecified atom stereocenters. The van der Waals surface area contributed by atoms with Crippen molar-refractivity contribution in [1.29, 1.82) is 0 Å². The third-order valence-electron chi connectivity index (χ3n) is 4.42. The molecule has 26 heavy (non-hydrogen) atoms. The van der Waals surface area contributed by atoms with Crippen LogP contribution >= 0.6 is 0 Å². The van der Waals surface area contributed by atoms with Crippen LogP contribution in [0.2, 0.25) is 0 Å². The van der Waals surface area contributed by atoms with E-state index in [0.29, 0.717) is 44.9 Å². The highest BCUT2D eigenvalue weighted by Gasteiger charge is 2.33. The lowest BCUT2D eigenvalue weighted by Gasteiger charge is -2.31. The van der Waals surface area contributed by atoms with Gasteiger partial charge in [-0.2, -0.15) is 4.31 Å². The third-order valence-corrected chi connectivity index (χ3v) is 6.30. The number of carbonyl (C=O) groups is 1. The largest absolute Gasteiger partial charge is 0.497 e. The van der Waals surface area contributed by atoms with Crippen LogP contribution in [0.5, 0.6) is 5.75 Å². The van der Waals surface area contributed by atoms with Crippen LogP contribution in [-0.4, -0.2) is 58.6 Å².